The summed E-state index contributed by atoms with van der Waals surface area (Å²) >= 11 is 1.65. The topological polar surface area (TPSA) is 83.1 Å². The number of esters is 1. The Hall–Kier alpha value is -3.23. The summed E-state index contributed by atoms with van der Waals surface area (Å²) in [6.45, 7) is 4.80. The molecule has 1 N–H and O–H groups in total. The lowest BCUT2D eigenvalue weighted by molar-refractivity contribution is -0.140. The molecule has 1 aliphatic carbocycles. The molecule has 8 heteroatoms. The number of rotatable bonds is 10. The smallest absolute Gasteiger partial charge is 0.336 e. The first-order valence-electron chi connectivity index (χ1n) is 12.8. The Bertz CT molecular complexity index is 1250. The molecule has 2 aromatic carbocycles. The summed E-state index contributed by atoms with van der Waals surface area (Å²) in [5.41, 5.74) is 4.56. The van der Waals surface area contributed by atoms with Crippen molar-refractivity contribution >= 4 is 23.5 Å². The average Bonchev–Trinajstić information content (AvgIpc) is 2.94. The Balaban J connectivity index is 1.71. The standard InChI is InChI=1S/C30H35NO6S/c1-6-36-13-14-37-30(33)27-18(2)31-23-15-21(20-9-12-25(34-3)26(17-20)35-4)16-24(32)29(23)28(27)19-7-10-22(38-5)11-8-19/h7-12,17,21,28,31H,6,13-16H2,1-5H3. The van der Waals surface area contributed by atoms with Crippen LogP contribution in [0.5, 0.6) is 11.5 Å². The van der Waals surface area contributed by atoms with Crippen LogP contribution in [0, 0.1) is 0 Å². The van der Waals surface area contributed by atoms with E-state index in [4.69, 9.17) is 18.9 Å². The number of ketones is 1. The zero-order valence-electron chi connectivity index (χ0n) is 22.6. The zero-order chi connectivity index (χ0) is 27.2. The molecule has 202 valence electrons. The first kappa shape index (κ1) is 27.8. The molecule has 38 heavy (non-hydrogen) atoms. The predicted molar refractivity (Wildman–Crippen MR) is 148 cm³/mol. The molecule has 1 aliphatic heterocycles. The zero-order valence-corrected chi connectivity index (χ0v) is 23.4. The average molecular weight is 538 g/mol. The Morgan fingerprint density at radius 3 is 2.37 bits per heavy atom. The van der Waals surface area contributed by atoms with Gasteiger partial charge in [0.25, 0.3) is 0 Å². The van der Waals surface area contributed by atoms with E-state index in [2.05, 4.69) is 5.32 Å². The molecule has 2 atom stereocenters. The molecule has 0 spiro atoms. The number of carbonyl (C=O) groups excluding carboxylic acids is 2. The van der Waals surface area contributed by atoms with Gasteiger partial charge in [0.15, 0.2) is 17.3 Å². The van der Waals surface area contributed by atoms with Crippen LogP contribution in [-0.4, -0.2) is 52.0 Å². The summed E-state index contributed by atoms with van der Waals surface area (Å²) < 4.78 is 21.8. The summed E-state index contributed by atoms with van der Waals surface area (Å²) in [4.78, 5) is 28.3. The van der Waals surface area contributed by atoms with Gasteiger partial charge in [0.2, 0.25) is 0 Å². The normalized spacial score (nSPS) is 19.1. The number of benzene rings is 2. The van der Waals surface area contributed by atoms with Gasteiger partial charge in [0, 0.05) is 40.8 Å². The fraction of sp³-hybridized carbons (Fsp3) is 0.400. The van der Waals surface area contributed by atoms with Crippen molar-refractivity contribution in [3.8, 4) is 11.5 Å². The number of hydrogen-bond acceptors (Lipinski definition) is 8. The largest absolute Gasteiger partial charge is 0.493 e. The molecular weight excluding hydrogens is 502 g/mol. The quantitative estimate of drug-likeness (QED) is 0.246. The maximum atomic E-state index is 13.8. The van der Waals surface area contributed by atoms with Gasteiger partial charge in [0.1, 0.15) is 6.61 Å². The molecule has 2 unspecified atom stereocenters. The van der Waals surface area contributed by atoms with Crippen molar-refractivity contribution in [2.45, 2.75) is 43.4 Å². The Kier molecular flexibility index (Phi) is 9.17. The van der Waals surface area contributed by atoms with Crippen LogP contribution in [0.3, 0.4) is 0 Å². The lowest BCUT2D eigenvalue weighted by Crippen LogP contribution is -2.36. The number of dihydropyridines is 1. The monoisotopic (exact) mass is 537 g/mol. The fourth-order valence-electron chi connectivity index (χ4n) is 5.20. The van der Waals surface area contributed by atoms with Crippen LogP contribution in [0.25, 0.3) is 0 Å². The highest BCUT2D eigenvalue weighted by molar-refractivity contribution is 7.98. The van der Waals surface area contributed by atoms with Gasteiger partial charge in [0.05, 0.1) is 26.4 Å². The molecule has 2 aliphatic rings. The maximum Gasteiger partial charge on any atom is 0.336 e. The molecule has 2 aromatic rings. The van der Waals surface area contributed by atoms with Crippen LogP contribution in [0.15, 0.2) is 69.9 Å². The van der Waals surface area contributed by atoms with Crippen LogP contribution in [-0.2, 0) is 19.1 Å². The molecule has 0 saturated carbocycles. The minimum Gasteiger partial charge on any atom is -0.493 e. The van der Waals surface area contributed by atoms with Crippen molar-refractivity contribution in [3.63, 3.8) is 0 Å². The second kappa shape index (κ2) is 12.5. The Morgan fingerprint density at radius 2 is 1.71 bits per heavy atom. The number of ether oxygens (including phenoxy) is 4. The molecule has 0 saturated heterocycles. The minimum atomic E-state index is -0.499. The van der Waals surface area contributed by atoms with E-state index >= 15 is 0 Å². The summed E-state index contributed by atoms with van der Waals surface area (Å²) in [5.74, 6) is 0.337. The van der Waals surface area contributed by atoms with E-state index in [1.54, 1.807) is 26.0 Å². The first-order valence-corrected chi connectivity index (χ1v) is 14.0. The van der Waals surface area contributed by atoms with Crippen molar-refractivity contribution in [1.29, 1.82) is 0 Å². The summed E-state index contributed by atoms with van der Waals surface area (Å²) in [6, 6.07) is 13.8. The molecule has 0 bridgehead atoms. The van der Waals surface area contributed by atoms with Gasteiger partial charge >= 0.3 is 5.97 Å². The van der Waals surface area contributed by atoms with Gasteiger partial charge in [-0.05, 0) is 67.8 Å². The summed E-state index contributed by atoms with van der Waals surface area (Å²) in [7, 11) is 3.21. The SMILES string of the molecule is CCOCCOC(=O)C1=C(C)NC2=C(C(=O)CC(c3ccc(OC)c(OC)c3)C2)C1c1ccc(SC)cc1. The molecule has 1 heterocycles. The summed E-state index contributed by atoms with van der Waals surface area (Å²) in [5, 5.41) is 3.40. The molecule has 0 aromatic heterocycles. The van der Waals surface area contributed by atoms with Gasteiger partial charge in [-0.15, -0.1) is 11.8 Å². The number of carbonyl (C=O) groups is 2. The maximum absolute atomic E-state index is 13.8. The van der Waals surface area contributed by atoms with Crippen molar-refractivity contribution in [2.24, 2.45) is 0 Å². The molecule has 0 fully saturated rings. The fourth-order valence-corrected chi connectivity index (χ4v) is 5.61. The highest BCUT2D eigenvalue weighted by Crippen LogP contribution is 2.46. The Labute approximate surface area is 228 Å². The lowest BCUT2D eigenvalue weighted by atomic mass is 9.71. The number of methoxy groups -OCH3 is 2. The third-order valence-electron chi connectivity index (χ3n) is 7.04. The Morgan fingerprint density at radius 1 is 1.00 bits per heavy atom. The van der Waals surface area contributed by atoms with Gasteiger partial charge in [-0.1, -0.05) is 18.2 Å². The van der Waals surface area contributed by atoms with Crippen molar-refractivity contribution < 1.29 is 28.5 Å². The molecular formula is C30H35NO6S. The van der Waals surface area contributed by atoms with Crippen LogP contribution in [0.1, 0.15) is 49.7 Å². The first-order chi connectivity index (χ1) is 18.4. The van der Waals surface area contributed by atoms with E-state index in [9.17, 15) is 9.59 Å². The van der Waals surface area contributed by atoms with E-state index in [1.807, 2.05) is 62.6 Å². The number of nitrogens with one attached hydrogen (secondary N) is 1. The van der Waals surface area contributed by atoms with Gasteiger partial charge in [-0.25, -0.2) is 4.79 Å². The number of allylic oxidation sites excluding steroid dienone is 3. The van der Waals surface area contributed by atoms with E-state index in [0.29, 0.717) is 54.4 Å². The second-order valence-corrected chi connectivity index (χ2v) is 10.1. The van der Waals surface area contributed by atoms with E-state index in [-0.39, 0.29) is 18.3 Å². The van der Waals surface area contributed by atoms with E-state index in [1.165, 1.54) is 0 Å². The molecule has 0 amide bonds. The second-order valence-electron chi connectivity index (χ2n) is 9.24. The van der Waals surface area contributed by atoms with Gasteiger partial charge in [-0.2, -0.15) is 0 Å². The van der Waals surface area contributed by atoms with Crippen molar-refractivity contribution in [2.75, 3.05) is 40.3 Å². The van der Waals surface area contributed by atoms with Gasteiger partial charge in [-0.3, -0.25) is 4.79 Å². The van der Waals surface area contributed by atoms with Crippen LogP contribution < -0.4 is 14.8 Å². The molecule has 4 rings (SSSR count). The third-order valence-corrected chi connectivity index (χ3v) is 7.78. The summed E-state index contributed by atoms with van der Waals surface area (Å²) in [6.07, 6.45) is 2.99. The van der Waals surface area contributed by atoms with Crippen LogP contribution in [0.2, 0.25) is 0 Å². The number of Topliss-reactive ketones (excluding diaryl/α,β-unsaturated/α-hetero) is 1. The van der Waals surface area contributed by atoms with Crippen LogP contribution >= 0.6 is 11.8 Å². The van der Waals surface area contributed by atoms with E-state index < -0.39 is 11.9 Å². The molecule has 7 nitrogen and oxygen atoms in total. The number of hydrogen-bond donors (Lipinski definition) is 1. The van der Waals surface area contributed by atoms with Crippen molar-refractivity contribution in [3.05, 3.63) is 76.1 Å². The van der Waals surface area contributed by atoms with Crippen molar-refractivity contribution in [1.82, 2.24) is 5.32 Å². The third kappa shape index (κ3) is 5.76. The molecule has 0 radical (unpaired) electrons. The minimum absolute atomic E-state index is 0.0181. The van der Waals surface area contributed by atoms with Crippen LogP contribution in [0.4, 0.5) is 0 Å². The highest BCUT2D eigenvalue weighted by Gasteiger charge is 2.41. The van der Waals surface area contributed by atoms with E-state index in [0.717, 1.165) is 21.7 Å². The lowest BCUT2D eigenvalue weighted by Gasteiger charge is -2.36. The predicted octanol–water partition coefficient (Wildman–Crippen LogP) is 5.37. The number of thioether (sulfide) groups is 1. The van der Waals surface area contributed by atoms with Gasteiger partial charge < -0.3 is 24.3 Å². The highest BCUT2D eigenvalue weighted by atomic mass is 32.2.